The standard InChI is InChI=1S/C11H15FN2O3S2/c1-11(2)8-14(3-4-18(11)15)19(16,17)10-5-9(12)6-13-7-10/h5-7H,3-4,8H2,1-2H3/t18-/m0/s1. The molecule has 1 fully saturated rings. The fourth-order valence-corrected chi connectivity index (χ4v) is 4.94. The van der Waals surface area contributed by atoms with Gasteiger partial charge in [-0.25, -0.2) is 12.8 Å². The van der Waals surface area contributed by atoms with E-state index in [0.717, 1.165) is 18.5 Å². The number of halogens is 1. The first kappa shape index (κ1) is 14.5. The Hall–Kier alpha value is -0.860. The Balaban J connectivity index is 2.34. The lowest BCUT2D eigenvalue weighted by atomic mass is 10.2. The quantitative estimate of drug-likeness (QED) is 0.809. The van der Waals surface area contributed by atoms with E-state index in [4.69, 9.17) is 0 Å². The van der Waals surface area contributed by atoms with Gasteiger partial charge in [-0.3, -0.25) is 9.19 Å². The average molecular weight is 306 g/mol. The third-order valence-electron chi connectivity index (χ3n) is 3.02. The Morgan fingerprint density at radius 1 is 1.42 bits per heavy atom. The maximum absolute atomic E-state index is 13.1. The molecule has 0 aliphatic carbocycles. The van der Waals surface area contributed by atoms with E-state index in [0.29, 0.717) is 0 Å². The summed E-state index contributed by atoms with van der Waals surface area (Å²) in [5.74, 6) is -0.407. The van der Waals surface area contributed by atoms with Gasteiger partial charge in [-0.05, 0) is 19.9 Å². The molecular weight excluding hydrogens is 291 g/mol. The van der Waals surface area contributed by atoms with Crippen molar-refractivity contribution < 1.29 is 17.0 Å². The van der Waals surface area contributed by atoms with Gasteiger partial charge in [-0.1, -0.05) is 0 Å². The van der Waals surface area contributed by atoms with Gasteiger partial charge in [0.2, 0.25) is 10.0 Å². The lowest BCUT2D eigenvalue weighted by Gasteiger charge is -2.36. The van der Waals surface area contributed by atoms with Crippen LogP contribution in [0.5, 0.6) is 0 Å². The van der Waals surface area contributed by atoms with Crippen LogP contribution in [0.15, 0.2) is 23.4 Å². The van der Waals surface area contributed by atoms with E-state index >= 15 is 0 Å². The third kappa shape index (κ3) is 2.85. The Bertz CT molecular complexity index is 616. The van der Waals surface area contributed by atoms with E-state index in [-0.39, 0.29) is 23.7 Å². The monoisotopic (exact) mass is 306 g/mol. The van der Waals surface area contributed by atoms with Crippen molar-refractivity contribution in [3.05, 3.63) is 24.3 Å². The summed E-state index contributed by atoms with van der Waals surface area (Å²) in [5.41, 5.74) is 0. The van der Waals surface area contributed by atoms with Gasteiger partial charge in [0.25, 0.3) is 0 Å². The van der Waals surface area contributed by atoms with Crippen molar-refractivity contribution in [3.63, 3.8) is 0 Å². The number of hydrogen-bond donors (Lipinski definition) is 0. The molecule has 0 spiro atoms. The number of pyridine rings is 1. The van der Waals surface area contributed by atoms with Gasteiger partial charge in [0.15, 0.2) is 0 Å². The van der Waals surface area contributed by atoms with Crippen LogP contribution in [0.2, 0.25) is 0 Å². The molecule has 1 aromatic heterocycles. The van der Waals surface area contributed by atoms with Crippen LogP contribution in [0.4, 0.5) is 4.39 Å². The van der Waals surface area contributed by atoms with E-state index in [1.54, 1.807) is 13.8 Å². The Labute approximate surface area is 114 Å². The minimum absolute atomic E-state index is 0.151. The molecule has 1 aliphatic heterocycles. The molecule has 0 radical (unpaired) electrons. The molecule has 0 bridgehead atoms. The molecule has 19 heavy (non-hydrogen) atoms. The molecule has 2 rings (SSSR count). The summed E-state index contributed by atoms with van der Waals surface area (Å²) < 4.78 is 50.2. The first-order chi connectivity index (χ1) is 8.73. The van der Waals surface area contributed by atoms with Gasteiger partial charge < -0.3 is 0 Å². The van der Waals surface area contributed by atoms with Crippen LogP contribution in [0.3, 0.4) is 0 Å². The molecule has 8 heteroatoms. The van der Waals surface area contributed by atoms with Crippen LogP contribution >= 0.6 is 0 Å². The molecular formula is C11H15FN2O3S2. The summed E-state index contributed by atoms with van der Waals surface area (Å²) in [6.07, 6.45) is 2.07. The van der Waals surface area contributed by atoms with Crippen molar-refractivity contribution in [2.75, 3.05) is 18.8 Å². The predicted octanol–water partition coefficient (Wildman–Crippen LogP) is 0.752. The lowest BCUT2D eigenvalue weighted by molar-refractivity contribution is 0.378. The van der Waals surface area contributed by atoms with E-state index < -0.39 is 31.4 Å². The van der Waals surface area contributed by atoms with Crippen molar-refractivity contribution in [1.29, 1.82) is 0 Å². The van der Waals surface area contributed by atoms with E-state index in [2.05, 4.69) is 4.98 Å². The van der Waals surface area contributed by atoms with Crippen molar-refractivity contribution in [2.24, 2.45) is 0 Å². The molecule has 1 atom stereocenters. The molecule has 2 heterocycles. The smallest absolute Gasteiger partial charge is 0.244 e. The van der Waals surface area contributed by atoms with E-state index in [9.17, 15) is 17.0 Å². The second kappa shape index (κ2) is 4.92. The molecule has 106 valence electrons. The third-order valence-corrected chi connectivity index (χ3v) is 6.74. The summed E-state index contributed by atoms with van der Waals surface area (Å²) in [7, 11) is -4.85. The Kier molecular flexibility index (Phi) is 3.76. The molecule has 5 nitrogen and oxygen atoms in total. The normalized spacial score (nSPS) is 24.3. The molecule has 0 aromatic carbocycles. The fourth-order valence-electron chi connectivity index (χ4n) is 1.92. The van der Waals surface area contributed by atoms with E-state index in [1.807, 2.05) is 0 Å². The molecule has 1 aliphatic rings. The topological polar surface area (TPSA) is 67.3 Å². The number of sulfonamides is 1. The summed E-state index contributed by atoms with van der Waals surface area (Å²) in [5, 5.41) is 0. The highest BCUT2D eigenvalue weighted by atomic mass is 32.2. The second-order valence-corrected chi connectivity index (χ2v) is 9.13. The van der Waals surface area contributed by atoms with Gasteiger partial charge in [-0.2, -0.15) is 4.31 Å². The van der Waals surface area contributed by atoms with Crippen molar-refractivity contribution in [3.8, 4) is 0 Å². The maximum Gasteiger partial charge on any atom is 0.244 e. The van der Waals surface area contributed by atoms with Crippen molar-refractivity contribution >= 4 is 20.8 Å². The Morgan fingerprint density at radius 2 is 2.11 bits per heavy atom. The SMILES string of the molecule is CC1(C)CN(S(=O)(=O)c2cncc(F)c2)CC[S@@]1=O. The highest BCUT2D eigenvalue weighted by molar-refractivity contribution is 7.89. The fraction of sp³-hybridized carbons (Fsp3) is 0.545. The van der Waals surface area contributed by atoms with Crippen LogP contribution in [-0.4, -0.2) is 45.5 Å². The zero-order valence-corrected chi connectivity index (χ0v) is 12.3. The minimum atomic E-state index is -3.78. The predicted molar refractivity (Wildman–Crippen MR) is 70.0 cm³/mol. The Morgan fingerprint density at radius 3 is 2.68 bits per heavy atom. The number of nitrogens with zero attached hydrogens (tertiary/aromatic N) is 2. The summed E-state index contributed by atoms with van der Waals surface area (Å²) >= 11 is 0. The molecule has 0 saturated carbocycles. The van der Waals surface area contributed by atoms with Crippen LogP contribution in [0, 0.1) is 5.82 Å². The van der Waals surface area contributed by atoms with E-state index in [1.165, 1.54) is 4.31 Å². The molecule has 0 N–H and O–H groups in total. The maximum atomic E-state index is 13.1. The van der Waals surface area contributed by atoms with Gasteiger partial charge in [0.05, 0.1) is 10.9 Å². The lowest BCUT2D eigenvalue weighted by Crippen LogP contribution is -2.51. The van der Waals surface area contributed by atoms with Crippen molar-refractivity contribution in [2.45, 2.75) is 23.5 Å². The van der Waals surface area contributed by atoms with Crippen molar-refractivity contribution in [1.82, 2.24) is 9.29 Å². The van der Waals surface area contributed by atoms with Gasteiger partial charge >= 0.3 is 0 Å². The van der Waals surface area contributed by atoms with Gasteiger partial charge in [0, 0.05) is 35.8 Å². The van der Waals surface area contributed by atoms with Crippen LogP contribution < -0.4 is 0 Å². The number of rotatable bonds is 2. The highest BCUT2D eigenvalue weighted by Crippen LogP contribution is 2.25. The minimum Gasteiger partial charge on any atom is -0.260 e. The summed E-state index contributed by atoms with van der Waals surface area (Å²) in [6.45, 7) is 3.84. The van der Waals surface area contributed by atoms with Crippen LogP contribution in [0.1, 0.15) is 13.8 Å². The highest BCUT2D eigenvalue weighted by Gasteiger charge is 2.38. The summed E-state index contributed by atoms with van der Waals surface area (Å²) in [4.78, 5) is 3.39. The molecule has 0 unspecified atom stereocenters. The first-order valence-corrected chi connectivity index (χ1v) is 8.48. The first-order valence-electron chi connectivity index (χ1n) is 5.73. The second-order valence-electron chi connectivity index (χ2n) is 4.99. The van der Waals surface area contributed by atoms with Crippen LogP contribution in [-0.2, 0) is 20.8 Å². The zero-order valence-electron chi connectivity index (χ0n) is 10.7. The zero-order chi connectivity index (χ0) is 14.3. The van der Waals surface area contributed by atoms with Gasteiger partial charge in [0.1, 0.15) is 10.7 Å². The average Bonchev–Trinajstić information content (AvgIpc) is 2.32. The molecule has 1 saturated heterocycles. The number of aromatic nitrogens is 1. The molecule has 1 aromatic rings. The number of hydrogen-bond acceptors (Lipinski definition) is 4. The molecule has 0 amide bonds. The summed E-state index contributed by atoms with van der Waals surface area (Å²) in [6, 6.07) is 0.945. The van der Waals surface area contributed by atoms with Crippen LogP contribution in [0.25, 0.3) is 0 Å². The van der Waals surface area contributed by atoms with Gasteiger partial charge in [-0.15, -0.1) is 0 Å². The largest absolute Gasteiger partial charge is 0.260 e.